The van der Waals surface area contributed by atoms with Crippen molar-refractivity contribution in [3.05, 3.63) is 40.5 Å². The van der Waals surface area contributed by atoms with Gasteiger partial charge in [-0.15, -0.1) is 0 Å². The van der Waals surface area contributed by atoms with E-state index in [1.165, 1.54) is 18.4 Å². The Morgan fingerprint density at radius 1 is 0.517 bits per heavy atom. The smallest absolute Gasteiger partial charge is 0.175 e. The van der Waals surface area contributed by atoms with Crippen molar-refractivity contribution in [1.29, 1.82) is 0 Å². The first-order chi connectivity index (χ1) is 27.9. The lowest BCUT2D eigenvalue weighted by Crippen LogP contribution is -2.66. The predicted octanol–water partition coefficient (Wildman–Crippen LogP) is 12.4. The lowest BCUT2D eigenvalue weighted by atomic mass is 9.37. The number of hydrogen-bond acceptors (Lipinski definition) is 6. The minimum atomic E-state index is -0.298. The normalized spacial score (nSPS) is 46.9. The molecule has 8 aliphatic rings. The van der Waals surface area contributed by atoms with Crippen LogP contribution >= 0.6 is 0 Å². The van der Waals surface area contributed by atoms with Crippen molar-refractivity contribution in [2.45, 2.75) is 196 Å². The van der Waals surface area contributed by atoms with E-state index in [0.29, 0.717) is 35.3 Å². The maximum Gasteiger partial charge on any atom is 0.175 e. The molecule has 0 amide bonds. The quantitative estimate of drug-likeness (QED) is 0.280. The fourth-order valence-corrected chi connectivity index (χ4v) is 18.5. The molecule has 2 aliphatic heterocycles. The van der Waals surface area contributed by atoms with Gasteiger partial charge in [0, 0.05) is 17.4 Å². The highest BCUT2D eigenvalue weighted by atomic mass is 16.5. The second-order valence-corrected chi connectivity index (χ2v) is 25.2. The maximum atomic E-state index is 11.8. The zero-order chi connectivity index (χ0) is 43.0. The molecule has 0 spiro atoms. The molecular formula is C54H78O6. The van der Waals surface area contributed by atoms with Crippen LogP contribution in [0.15, 0.2) is 18.2 Å². The molecule has 2 aromatic carbocycles. The molecule has 6 heteroatoms. The number of hydrogen-bond donors (Lipinski definition) is 3. The van der Waals surface area contributed by atoms with Gasteiger partial charge in [0.15, 0.2) is 11.5 Å². The van der Waals surface area contributed by atoms with Crippen molar-refractivity contribution in [1.82, 2.24) is 0 Å². The number of fused-ring (bicyclic) bond motifs is 12. The molecule has 2 aromatic rings. The molecule has 0 radical (unpaired) electrons. The molecule has 4 unspecified atom stereocenters. The van der Waals surface area contributed by atoms with Crippen LogP contribution in [0.25, 0.3) is 0 Å². The lowest BCUT2D eigenvalue weighted by molar-refractivity contribution is -0.223. The summed E-state index contributed by atoms with van der Waals surface area (Å²) in [6.45, 7) is 28.6. The van der Waals surface area contributed by atoms with Gasteiger partial charge in [-0.2, -0.15) is 0 Å². The maximum absolute atomic E-state index is 11.8. The molecule has 0 saturated heterocycles. The standard InChI is InChI=1S/C54H78O6/c1-30-25-33(27-32-28-40-51(9)19-13-36-47(3,4)42(56)17-21-49(36,7)38(51)15-23-53(40,11)59-44(30)32)58-46-34-29-41-52(10)20-14-37-48(5,6)43(57)18-22-50(37,8)39(52)16-24-54(41,12)60-45(34)31(2)26-35(46)55/h25-27,36-43,55-57H,13-24,28-29H2,1-12H3/t36-,37-,38?,39?,40?,41?,42-,43-,49-,50-,51+,52+,53-,54-/m0/s1. The van der Waals surface area contributed by atoms with E-state index < -0.39 is 0 Å². The SMILES string of the molecule is Cc1cc(Oc2c(O)cc(C)c3c2CC2[C@]4(C)CC[C@H]5C(C)(C)[C@@H](O)CC[C@]5(C)C4CC[C@]2(C)O3)cc2c1O[C@@]1(C)CCC3[C@@](C)(CC[C@H]4C(C)(C)[C@@H](O)CC[C@]34C)C1C2. The molecule has 6 aliphatic carbocycles. The zero-order valence-corrected chi connectivity index (χ0v) is 39.3. The van der Waals surface area contributed by atoms with Gasteiger partial charge in [-0.3, -0.25) is 0 Å². The average Bonchev–Trinajstić information content (AvgIpc) is 3.15. The molecule has 2 heterocycles. The van der Waals surface area contributed by atoms with Crippen LogP contribution in [-0.2, 0) is 12.8 Å². The highest BCUT2D eigenvalue weighted by Crippen LogP contribution is 2.73. The van der Waals surface area contributed by atoms with Gasteiger partial charge < -0.3 is 29.5 Å². The van der Waals surface area contributed by atoms with Crippen LogP contribution in [0, 0.1) is 81.8 Å². The molecule has 6 fully saturated rings. The van der Waals surface area contributed by atoms with E-state index in [1.807, 2.05) is 6.07 Å². The summed E-state index contributed by atoms with van der Waals surface area (Å²) in [5.74, 6) is 6.21. The second kappa shape index (κ2) is 12.9. The van der Waals surface area contributed by atoms with Gasteiger partial charge in [0.05, 0.1) is 12.2 Å². The number of phenolic OH excluding ortho intramolecular Hbond substituents is 1. The minimum Gasteiger partial charge on any atom is -0.504 e. The van der Waals surface area contributed by atoms with E-state index in [-0.39, 0.29) is 67.6 Å². The molecule has 6 saturated carbocycles. The summed E-state index contributed by atoms with van der Waals surface area (Å²) in [7, 11) is 0. The zero-order valence-electron chi connectivity index (χ0n) is 39.3. The molecule has 3 N–H and O–H groups in total. The Kier molecular flexibility index (Phi) is 8.90. The second-order valence-electron chi connectivity index (χ2n) is 25.2. The summed E-state index contributed by atoms with van der Waals surface area (Å²) in [6, 6.07) is 6.19. The number of phenols is 1. The summed E-state index contributed by atoms with van der Waals surface area (Å²) < 4.78 is 21.5. The molecule has 60 heavy (non-hydrogen) atoms. The number of ether oxygens (including phenoxy) is 3. The van der Waals surface area contributed by atoms with Gasteiger partial charge in [-0.05, 0) is 209 Å². The Morgan fingerprint density at radius 2 is 0.950 bits per heavy atom. The van der Waals surface area contributed by atoms with E-state index in [0.717, 1.165) is 111 Å². The van der Waals surface area contributed by atoms with Crippen molar-refractivity contribution in [3.63, 3.8) is 0 Å². The minimum absolute atomic E-state index is 0.0642. The van der Waals surface area contributed by atoms with E-state index in [4.69, 9.17) is 14.2 Å². The highest BCUT2D eigenvalue weighted by molar-refractivity contribution is 5.61. The van der Waals surface area contributed by atoms with Crippen molar-refractivity contribution in [3.8, 4) is 28.7 Å². The molecule has 6 nitrogen and oxygen atoms in total. The summed E-state index contributed by atoms with van der Waals surface area (Å²) in [5.41, 5.74) is 4.19. The number of aromatic hydroxyl groups is 1. The van der Waals surface area contributed by atoms with Gasteiger partial charge in [0.25, 0.3) is 0 Å². The fraction of sp³-hybridized carbons (Fsp3) is 0.778. The van der Waals surface area contributed by atoms with Gasteiger partial charge in [0.2, 0.25) is 0 Å². The number of benzene rings is 2. The number of aliphatic hydroxyl groups is 2. The Bertz CT molecular complexity index is 2100. The molecule has 330 valence electrons. The van der Waals surface area contributed by atoms with Crippen LogP contribution in [0.1, 0.15) is 169 Å². The molecule has 14 atom stereocenters. The molecule has 10 rings (SSSR count). The van der Waals surface area contributed by atoms with Crippen LogP contribution in [0.2, 0.25) is 0 Å². The largest absolute Gasteiger partial charge is 0.504 e. The molecule has 0 bridgehead atoms. The van der Waals surface area contributed by atoms with Crippen molar-refractivity contribution >= 4 is 0 Å². The summed E-state index contributed by atoms with van der Waals surface area (Å²) in [4.78, 5) is 0. The number of rotatable bonds is 2. The lowest BCUT2D eigenvalue weighted by Gasteiger charge is -2.69. The van der Waals surface area contributed by atoms with Crippen molar-refractivity contribution < 1.29 is 29.5 Å². The Balaban J connectivity index is 0.974. The predicted molar refractivity (Wildman–Crippen MR) is 238 cm³/mol. The van der Waals surface area contributed by atoms with Gasteiger partial charge in [-0.25, -0.2) is 0 Å². The third-order valence-corrected chi connectivity index (χ3v) is 21.6. The van der Waals surface area contributed by atoms with Crippen LogP contribution in [0.5, 0.6) is 28.7 Å². The number of aryl methyl sites for hydroxylation is 2. The third kappa shape index (κ3) is 5.37. The van der Waals surface area contributed by atoms with E-state index >= 15 is 0 Å². The first kappa shape index (κ1) is 41.6. The van der Waals surface area contributed by atoms with Crippen LogP contribution in [0.3, 0.4) is 0 Å². The first-order valence-electron chi connectivity index (χ1n) is 24.3. The van der Waals surface area contributed by atoms with Crippen LogP contribution in [0.4, 0.5) is 0 Å². The van der Waals surface area contributed by atoms with Crippen molar-refractivity contribution in [2.75, 3.05) is 0 Å². The monoisotopic (exact) mass is 823 g/mol. The Morgan fingerprint density at radius 3 is 1.48 bits per heavy atom. The topological polar surface area (TPSA) is 88.4 Å². The Hall–Kier alpha value is -2.44. The number of aliphatic hydroxyl groups excluding tert-OH is 2. The summed E-state index contributed by atoms with van der Waals surface area (Å²) in [5, 5.41) is 34.2. The Labute approximate surface area is 361 Å². The van der Waals surface area contributed by atoms with E-state index in [9.17, 15) is 15.3 Å². The van der Waals surface area contributed by atoms with Crippen LogP contribution < -0.4 is 14.2 Å². The fourth-order valence-electron chi connectivity index (χ4n) is 18.5. The van der Waals surface area contributed by atoms with Crippen molar-refractivity contribution in [2.24, 2.45) is 68.0 Å². The highest BCUT2D eigenvalue weighted by Gasteiger charge is 2.68. The summed E-state index contributed by atoms with van der Waals surface area (Å²) >= 11 is 0. The summed E-state index contributed by atoms with van der Waals surface area (Å²) in [6.07, 6.45) is 14.3. The molecular weight excluding hydrogens is 745 g/mol. The van der Waals surface area contributed by atoms with Gasteiger partial charge in [0.1, 0.15) is 28.5 Å². The van der Waals surface area contributed by atoms with Gasteiger partial charge in [-0.1, -0.05) is 55.4 Å². The first-order valence-corrected chi connectivity index (χ1v) is 24.3. The van der Waals surface area contributed by atoms with Gasteiger partial charge >= 0.3 is 0 Å². The van der Waals surface area contributed by atoms with E-state index in [2.05, 4.69) is 95.2 Å². The van der Waals surface area contributed by atoms with E-state index in [1.54, 1.807) is 0 Å². The average molecular weight is 823 g/mol. The third-order valence-electron chi connectivity index (χ3n) is 21.6. The molecule has 0 aromatic heterocycles. The van der Waals surface area contributed by atoms with Crippen LogP contribution in [-0.4, -0.2) is 38.7 Å².